The van der Waals surface area contributed by atoms with Crippen molar-refractivity contribution in [2.75, 3.05) is 44.4 Å². The smallest absolute Gasteiger partial charge is 0.132 e. The number of piperazine rings is 1. The summed E-state index contributed by atoms with van der Waals surface area (Å²) in [5.41, 5.74) is 2.51. The normalized spacial score (nSPS) is 18.1. The molecule has 0 atom stereocenters. The number of hydrogen-bond acceptors (Lipinski definition) is 5. The standard InChI is InChI=1S/C23H31N3OS/c1-24-17-18-16-20(26-14-12-25(13-15-26)19-4-3-5-19)6-11-23(18)27-21-7-9-22(28-2)10-8-21/h6-11,16,19,24H,3-5,12-15,17H2,1-2H3. The van der Waals surface area contributed by atoms with Crippen LogP contribution in [0, 0.1) is 0 Å². The second kappa shape index (κ2) is 9.21. The van der Waals surface area contributed by atoms with Crippen molar-refractivity contribution < 1.29 is 4.74 Å². The predicted octanol–water partition coefficient (Wildman–Crippen LogP) is 4.59. The molecule has 1 aliphatic heterocycles. The Morgan fingerprint density at radius 1 is 1.04 bits per heavy atom. The summed E-state index contributed by atoms with van der Waals surface area (Å²) in [6, 6.07) is 15.8. The first kappa shape index (κ1) is 19.6. The van der Waals surface area contributed by atoms with E-state index >= 15 is 0 Å². The molecule has 1 saturated carbocycles. The van der Waals surface area contributed by atoms with Gasteiger partial charge in [0.15, 0.2) is 0 Å². The summed E-state index contributed by atoms with van der Waals surface area (Å²) >= 11 is 1.75. The molecule has 150 valence electrons. The second-order valence-corrected chi connectivity index (χ2v) is 8.59. The molecular weight excluding hydrogens is 366 g/mol. The monoisotopic (exact) mass is 397 g/mol. The van der Waals surface area contributed by atoms with Gasteiger partial charge < -0.3 is 15.0 Å². The van der Waals surface area contributed by atoms with Crippen LogP contribution in [0.3, 0.4) is 0 Å². The van der Waals surface area contributed by atoms with Crippen LogP contribution in [0.5, 0.6) is 11.5 Å². The Morgan fingerprint density at radius 2 is 1.79 bits per heavy atom. The lowest BCUT2D eigenvalue weighted by molar-refractivity contribution is 0.120. The first-order valence-electron chi connectivity index (χ1n) is 10.4. The Morgan fingerprint density at radius 3 is 2.39 bits per heavy atom. The van der Waals surface area contributed by atoms with E-state index in [1.807, 2.05) is 19.2 Å². The molecule has 0 aromatic heterocycles. The van der Waals surface area contributed by atoms with E-state index < -0.39 is 0 Å². The Kier molecular flexibility index (Phi) is 6.45. The van der Waals surface area contributed by atoms with Gasteiger partial charge in [0.25, 0.3) is 0 Å². The number of benzene rings is 2. The van der Waals surface area contributed by atoms with Crippen molar-refractivity contribution in [3.05, 3.63) is 48.0 Å². The van der Waals surface area contributed by atoms with E-state index in [4.69, 9.17) is 4.74 Å². The summed E-state index contributed by atoms with van der Waals surface area (Å²) in [6.45, 7) is 5.41. The van der Waals surface area contributed by atoms with Crippen molar-refractivity contribution in [2.24, 2.45) is 0 Å². The summed E-state index contributed by atoms with van der Waals surface area (Å²) < 4.78 is 6.20. The summed E-state index contributed by atoms with van der Waals surface area (Å²) in [6.07, 6.45) is 6.30. The van der Waals surface area contributed by atoms with Gasteiger partial charge in [-0.05, 0) is 68.6 Å². The van der Waals surface area contributed by atoms with E-state index in [1.165, 1.54) is 48.5 Å². The third-order valence-electron chi connectivity index (χ3n) is 5.97. The molecule has 2 aliphatic rings. The molecule has 2 fully saturated rings. The van der Waals surface area contributed by atoms with Crippen LogP contribution in [-0.2, 0) is 6.54 Å². The summed E-state index contributed by atoms with van der Waals surface area (Å²) in [4.78, 5) is 6.45. The lowest BCUT2D eigenvalue weighted by Crippen LogP contribution is -2.52. The van der Waals surface area contributed by atoms with Crippen LogP contribution in [0.15, 0.2) is 47.4 Å². The quantitative estimate of drug-likeness (QED) is 0.690. The Bertz CT molecular complexity index is 768. The number of nitrogens with zero attached hydrogens (tertiary/aromatic N) is 2. The lowest BCUT2D eigenvalue weighted by atomic mass is 9.91. The van der Waals surface area contributed by atoms with Crippen LogP contribution >= 0.6 is 11.8 Å². The second-order valence-electron chi connectivity index (χ2n) is 7.71. The minimum absolute atomic E-state index is 0.800. The van der Waals surface area contributed by atoms with Crippen molar-refractivity contribution in [2.45, 2.75) is 36.7 Å². The lowest BCUT2D eigenvalue weighted by Gasteiger charge is -2.43. The molecule has 1 heterocycles. The molecule has 1 aliphatic carbocycles. The van der Waals surface area contributed by atoms with Crippen molar-refractivity contribution in [3.8, 4) is 11.5 Å². The molecule has 5 heteroatoms. The van der Waals surface area contributed by atoms with E-state index in [1.54, 1.807) is 11.8 Å². The molecule has 0 radical (unpaired) electrons. The number of anilines is 1. The molecule has 0 bridgehead atoms. The Hall–Kier alpha value is -1.69. The molecular formula is C23H31N3OS. The molecule has 0 unspecified atom stereocenters. The van der Waals surface area contributed by atoms with Crippen molar-refractivity contribution in [3.63, 3.8) is 0 Å². The zero-order valence-corrected chi connectivity index (χ0v) is 17.8. The minimum atomic E-state index is 0.800. The molecule has 1 saturated heterocycles. The van der Waals surface area contributed by atoms with Gasteiger partial charge in [-0.3, -0.25) is 4.90 Å². The van der Waals surface area contributed by atoms with E-state index in [0.717, 1.165) is 37.2 Å². The van der Waals surface area contributed by atoms with Gasteiger partial charge in [-0.1, -0.05) is 6.42 Å². The highest BCUT2D eigenvalue weighted by Gasteiger charge is 2.28. The van der Waals surface area contributed by atoms with E-state index in [9.17, 15) is 0 Å². The topological polar surface area (TPSA) is 27.7 Å². The van der Waals surface area contributed by atoms with Gasteiger partial charge in [0, 0.05) is 54.9 Å². The Balaban J connectivity index is 1.45. The van der Waals surface area contributed by atoms with Gasteiger partial charge in [-0.15, -0.1) is 11.8 Å². The number of nitrogens with one attached hydrogen (secondary N) is 1. The largest absolute Gasteiger partial charge is 0.457 e. The third-order valence-corrected chi connectivity index (χ3v) is 6.71. The van der Waals surface area contributed by atoms with Crippen LogP contribution < -0.4 is 15.0 Å². The highest BCUT2D eigenvalue weighted by Crippen LogP contribution is 2.32. The highest BCUT2D eigenvalue weighted by molar-refractivity contribution is 7.98. The van der Waals surface area contributed by atoms with Crippen molar-refractivity contribution in [1.82, 2.24) is 10.2 Å². The summed E-state index contributed by atoms with van der Waals surface area (Å²) in [5.74, 6) is 1.82. The van der Waals surface area contributed by atoms with E-state index in [-0.39, 0.29) is 0 Å². The first-order valence-corrected chi connectivity index (χ1v) is 11.6. The maximum absolute atomic E-state index is 6.20. The molecule has 4 nitrogen and oxygen atoms in total. The van der Waals surface area contributed by atoms with Gasteiger partial charge in [0.1, 0.15) is 11.5 Å². The summed E-state index contributed by atoms with van der Waals surface area (Å²) in [7, 11) is 1.99. The maximum Gasteiger partial charge on any atom is 0.132 e. The SMILES string of the molecule is CNCc1cc(N2CCN(C3CCC3)CC2)ccc1Oc1ccc(SC)cc1. The first-order chi connectivity index (χ1) is 13.8. The molecule has 28 heavy (non-hydrogen) atoms. The van der Waals surface area contributed by atoms with Crippen molar-refractivity contribution in [1.29, 1.82) is 0 Å². The molecule has 4 rings (SSSR count). The third kappa shape index (κ3) is 4.48. The van der Waals surface area contributed by atoms with Gasteiger partial charge in [0.2, 0.25) is 0 Å². The maximum atomic E-state index is 6.20. The molecule has 2 aromatic rings. The fourth-order valence-corrected chi connectivity index (χ4v) is 4.47. The zero-order valence-electron chi connectivity index (χ0n) is 17.0. The molecule has 0 amide bonds. The highest BCUT2D eigenvalue weighted by atomic mass is 32.2. The van der Waals surface area contributed by atoms with Crippen LogP contribution in [0.1, 0.15) is 24.8 Å². The van der Waals surface area contributed by atoms with Gasteiger partial charge in [-0.25, -0.2) is 0 Å². The molecule has 1 N–H and O–H groups in total. The van der Waals surface area contributed by atoms with Crippen molar-refractivity contribution >= 4 is 17.4 Å². The van der Waals surface area contributed by atoms with Crippen LogP contribution in [0.2, 0.25) is 0 Å². The molecule has 0 spiro atoms. The fourth-order valence-electron chi connectivity index (χ4n) is 4.06. The average Bonchev–Trinajstić information content (AvgIpc) is 2.69. The average molecular weight is 398 g/mol. The van der Waals surface area contributed by atoms with Crippen LogP contribution in [-0.4, -0.2) is 50.4 Å². The van der Waals surface area contributed by atoms with Gasteiger partial charge in [0.05, 0.1) is 0 Å². The number of thioether (sulfide) groups is 1. The predicted molar refractivity (Wildman–Crippen MR) is 119 cm³/mol. The van der Waals surface area contributed by atoms with Crippen LogP contribution in [0.4, 0.5) is 5.69 Å². The number of ether oxygens (including phenoxy) is 1. The van der Waals surface area contributed by atoms with E-state index in [2.05, 4.69) is 51.7 Å². The molecule has 2 aromatic carbocycles. The fraction of sp³-hybridized carbons (Fsp3) is 0.478. The zero-order chi connectivity index (χ0) is 19.3. The number of rotatable bonds is 7. The van der Waals surface area contributed by atoms with Gasteiger partial charge in [-0.2, -0.15) is 0 Å². The van der Waals surface area contributed by atoms with E-state index in [0.29, 0.717) is 0 Å². The summed E-state index contributed by atoms with van der Waals surface area (Å²) in [5, 5.41) is 3.29. The number of hydrogen-bond donors (Lipinski definition) is 1. The minimum Gasteiger partial charge on any atom is -0.457 e. The Labute approximate surface area is 173 Å². The van der Waals surface area contributed by atoms with Gasteiger partial charge >= 0.3 is 0 Å². The van der Waals surface area contributed by atoms with Crippen LogP contribution in [0.25, 0.3) is 0 Å².